The topological polar surface area (TPSA) is 47.6 Å². The summed E-state index contributed by atoms with van der Waals surface area (Å²) in [6.07, 6.45) is -0.510. The van der Waals surface area contributed by atoms with Gasteiger partial charge in [-0.3, -0.25) is 4.79 Å². The predicted octanol–water partition coefficient (Wildman–Crippen LogP) is 2.11. The fourth-order valence-corrected chi connectivity index (χ4v) is 1.91. The molecule has 1 aromatic carbocycles. The van der Waals surface area contributed by atoms with Crippen LogP contribution in [0.1, 0.15) is 5.56 Å². The summed E-state index contributed by atoms with van der Waals surface area (Å²) >= 11 is 3.42. The second kappa shape index (κ2) is 5.62. The molecule has 1 heterocycles. The highest BCUT2D eigenvalue weighted by Crippen LogP contribution is 2.20. The van der Waals surface area contributed by atoms with E-state index in [1.807, 2.05) is 25.1 Å². The molecule has 1 aromatic rings. The van der Waals surface area contributed by atoms with Crippen LogP contribution in [-0.4, -0.2) is 31.8 Å². The van der Waals surface area contributed by atoms with E-state index in [2.05, 4.69) is 21.2 Å². The van der Waals surface area contributed by atoms with Gasteiger partial charge in [0.2, 0.25) is 0 Å². The largest absolute Gasteiger partial charge is 0.376 e. The molecule has 1 saturated heterocycles. The van der Waals surface area contributed by atoms with Gasteiger partial charge in [0.05, 0.1) is 19.8 Å². The molecule has 0 spiro atoms. The highest BCUT2D eigenvalue weighted by molar-refractivity contribution is 9.10. The number of hydrogen-bond donors (Lipinski definition) is 1. The van der Waals surface area contributed by atoms with Crippen molar-refractivity contribution in [3.05, 3.63) is 28.2 Å². The number of carbonyl (C=O) groups is 1. The number of rotatable bonds is 2. The molecule has 1 fully saturated rings. The molecule has 0 aromatic heterocycles. The van der Waals surface area contributed by atoms with Crippen molar-refractivity contribution in [2.45, 2.75) is 13.0 Å². The molecule has 17 heavy (non-hydrogen) atoms. The lowest BCUT2D eigenvalue weighted by molar-refractivity contribution is -0.142. The molecule has 1 amide bonds. The Kier molecular flexibility index (Phi) is 4.15. The van der Waals surface area contributed by atoms with E-state index in [0.29, 0.717) is 19.8 Å². The fraction of sp³-hybridized carbons (Fsp3) is 0.417. The molecule has 1 N–H and O–H groups in total. The minimum Gasteiger partial charge on any atom is -0.376 e. The Hall–Kier alpha value is -0.910. The van der Waals surface area contributed by atoms with Crippen molar-refractivity contribution in [2.24, 2.45) is 0 Å². The Morgan fingerprint density at radius 2 is 2.29 bits per heavy atom. The van der Waals surface area contributed by atoms with Crippen molar-refractivity contribution in [1.29, 1.82) is 0 Å². The molecule has 0 aliphatic carbocycles. The third-order valence-corrected chi connectivity index (χ3v) is 3.40. The Bertz CT molecular complexity index is 416. The lowest BCUT2D eigenvalue weighted by Crippen LogP contribution is -2.39. The van der Waals surface area contributed by atoms with Crippen molar-refractivity contribution in [3.63, 3.8) is 0 Å². The zero-order valence-corrected chi connectivity index (χ0v) is 11.1. The first-order chi connectivity index (χ1) is 8.16. The second-order valence-electron chi connectivity index (χ2n) is 3.89. The smallest absolute Gasteiger partial charge is 0.255 e. The van der Waals surface area contributed by atoms with Gasteiger partial charge in [0.15, 0.2) is 6.10 Å². The summed E-state index contributed by atoms with van der Waals surface area (Å²) in [6, 6.07) is 5.68. The first kappa shape index (κ1) is 12.5. The fourth-order valence-electron chi connectivity index (χ4n) is 1.53. The number of anilines is 1. The van der Waals surface area contributed by atoms with Crippen LogP contribution in [0.5, 0.6) is 0 Å². The van der Waals surface area contributed by atoms with Gasteiger partial charge in [-0.1, -0.05) is 22.0 Å². The average molecular weight is 300 g/mol. The van der Waals surface area contributed by atoms with Crippen LogP contribution < -0.4 is 5.32 Å². The molecule has 92 valence electrons. The summed E-state index contributed by atoms with van der Waals surface area (Å²) in [4.78, 5) is 11.8. The van der Waals surface area contributed by atoms with Crippen LogP contribution in [-0.2, 0) is 14.3 Å². The summed E-state index contributed by atoms with van der Waals surface area (Å²) in [6.45, 7) is 3.34. The van der Waals surface area contributed by atoms with E-state index in [9.17, 15) is 4.79 Å². The molecule has 0 radical (unpaired) electrons. The van der Waals surface area contributed by atoms with Crippen molar-refractivity contribution in [1.82, 2.24) is 0 Å². The zero-order valence-electron chi connectivity index (χ0n) is 9.53. The van der Waals surface area contributed by atoms with Gasteiger partial charge >= 0.3 is 0 Å². The Labute approximate surface area is 108 Å². The quantitative estimate of drug-likeness (QED) is 0.910. The van der Waals surface area contributed by atoms with E-state index in [1.54, 1.807) is 0 Å². The minimum atomic E-state index is -0.510. The number of amides is 1. The Balaban J connectivity index is 1.99. The summed E-state index contributed by atoms with van der Waals surface area (Å²) in [5, 5.41) is 2.81. The summed E-state index contributed by atoms with van der Waals surface area (Å²) in [5.74, 6) is -0.166. The van der Waals surface area contributed by atoms with Gasteiger partial charge in [-0.05, 0) is 24.6 Å². The Morgan fingerprint density at radius 3 is 2.94 bits per heavy atom. The van der Waals surface area contributed by atoms with E-state index in [-0.39, 0.29) is 5.91 Å². The second-order valence-corrected chi connectivity index (χ2v) is 4.74. The maximum absolute atomic E-state index is 11.8. The number of aryl methyl sites for hydroxylation is 1. The van der Waals surface area contributed by atoms with Crippen LogP contribution in [0.4, 0.5) is 5.69 Å². The number of carbonyl (C=O) groups excluding carboxylic acids is 1. The van der Waals surface area contributed by atoms with Gasteiger partial charge in [-0.15, -0.1) is 0 Å². The molecule has 4 nitrogen and oxygen atoms in total. The maximum atomic E-state index is 11.8. The van der Waals surface area contributed by atoms with Crippen LogP contribution in [0.25, 0.3) is 0 Å². The van der Waals surface area contributed by atoms with Gasteiger partial charge < -0.3 is 14.8 Å². The van der Waals surface area contributed by atoms with Crippen molar-refractivity contribution in [3.8, 4) is 0 Å². The number of halogens is 1. The number of benzene rings is 1. The third-order valence-electron chi connectivity index (χ3n) is 2.55. The molecule has 1 aliphatic heterocycles. The van der Waals surface area contributed by atoms with Crippen molar-refractivity contribution < 1.29 is 14.3 Å². The lowest BCUT2D eigenvalue weighted by atomic mass is 10.2. The van der Waals surface area contributed by atoms with E-state index in [1.165, 1.54) is 0 Å². The van der Waals surface area contributed by atoms with E-state index in [4.69, 9.17) is 9.47 Å². The van der Waals surface area contributed by atoms with Crippen molar-refractivity contribution in [2.75, 3.05) is 25.1 Å². The van der Waals surface area contributed by atoms with E-state index >= 15 is 0 Å². The molecule has 2 rings (SSSR count). The molecular formula is C12H14BrNO3. The molecule has 1 unspecified atom stereocenters. The average Bonchev–Trinajstić information content (AvgIpc) is 2.35. The van der Waals surface area contributed by atoms with Gasteiger partial charge in [-0.25, -0.2) is 0 Å². The first-order valence-corrected chi connectivity index (χ1v) is 6.22. The SMILES string of the molecule is Cc1ccc(NC(=O)C2COCCO2)cc1Br. The summed E-state index contributed by atoms with van der Waals surface area (Å²) in [5.41, 5.74) is 1.88. The molecule has 0 bridgehead atoms. The molecular weight excluding hydrogens is 286 g/mol. The standard InChI is InChI=1S/C12H14BrNO3/c1-8-2-3-9(6-10(8)13)14-12(15)11-7-16-4-5-17-11/h2-3,6,11H,4-5,7H2,1H3,(H,14,15). The molecule has 1 atom stereocenters. The van der Waals surface area contributed by atoms with Crippen LogP contribution >= 0.6 is 15.9 Å². The van der Waals surface area contributed by atoms with Crippen LogP contribution in [0.3, 0.4) is 0 Å². The number of hydrogen-bond acceptors (Lipinski definition) is 3. The summed E-state index contributed by atoms with van der Waals surface area (Å²) in [7, 11) is 0. The molecule has 5 heteroatoms. The highest BCUT2D eigenvalue weighted by atomic mass is 79.9. The van der Waals surface area contributed by atoms with Crippen molar-refractivity contribution >= 4 is 27.5 Å². The van der Waals surface area contributed by atoms with Crippen LogP contribution in [0.15, 0.2) is 22.7 Å². The minimum absolute atomic E-state index is 0.166. The first-order valence-electron chi connectivity index (χ1n) is 5.43. The van der Waals surface area contributed by atoms with Gasteiger partial charge in [0.1, 0.15) is 0 Å². The van der Waals surface area contributed by atoms with Gasteiger partial charge in [-0.2, -0.15) is 0 Å². The van der Waals surface area contributed by atoms with E-state index < -0.39 is 6.10 Å². The lowest BCUT2D eigenvalue weighted by Gasteiger charge is -2.22. The molecule has 1 aliphatic rings. The predicted molar refractivity (Wildman–Crippen MR) is 68.1 cm³/mol. The number of nitrogens with one attached hydrogen (secondary N) is 1. The summed E-state index contributed by atoms with van der Waals surface area (Å²) < 4.78 is 11.5. The molecule has 0 saturated carbocycles. The third kappa shape index (κ3) is 3.28. The number of ether oxygens (including phenoxy) is 2. The normalized spacial score (nSPS) is 20.0. The van der Waals surface area contributed by atoms with Crippen LogP contribution in [0, 0.1) is 6.92 Å². The zero-order chi connectivity index (χ0) is 12.3. The van der Waals surface area contributed by atoms with Crippen LogP contribution in [0.2, 0.25) is 0 Å². The van der Waals surface area contributed by atoms with Gasteiger partial charge in [0.25, 0.3) is 5.91 Å². The van der Waals surface area contributed by atoms with E-state index in [0.717, 1.165) is 15.7 Å². The van der Waals surface area contributed by atoms with Gasteiger partial charge in [0, 0.05) is 10.2 Å². The monoisotopic (exact) mass is 299 g/mol. The maximum Gasteiger partial charge on any atom is 0.255 e. The highest BCUT2D eigenvalue weighted by Gasteiger charge is 2.22. The Morgan fingerprint density at radius 1 is 1.47 bits per heavy atom.